The third-order valence-corrected chi connectivity index (χ3v) is 5.21. The summed E-state index contributed by atoms with van der Waals surface area (Å²) in [7, 11) is 1.41. The van der Waals surface area contributed by atoms with Gasteiger partial charge in [-0.05, 0) is 28.7 Å². The predicted molar refractivity (Wildman–Crippen MR) is 89.8 cm³/mol. The normalized spacial score (nSPS) is 24.7. The molecule has 4 rings (SSSR count). The second kappa shape index (κ2) is 5.48. The Bertz CT molecular complexity index is 829. The molecule has 0 saturated carbocycles. The molecular weight excluding hydrogens is 302 g/mol. The first-order valence-electron chi connectivity index (χ1n) is 8.20. The van der Waals surface area contributed by atoms with Crippen LogP contribution in [0.5, 0.6) is 0 Å². The highest BCUT2D eigenvalue weighted by molar-refractivity contribution is 6.00. The highest BCUT2D eigenvalue weighted by Gasteiger charge is 2.47. The van der Waals surface area contributed by atoms with Gasteiger partial charge in [-0.2, -0.15) is 0 Å². The molecule has 24 heavy (non-hydrogen) atoms. The maximum absolute atomic E-state index is 13.0. The van der Waals surface area contributed by atoms with Crippen LogP contribution < -0.4 is 0 Å². The lowest BCUT2D eigenvalue weighted by Crippen LogP contribution is -2.49. The fourth-order valence-corrected chi connectivity index (χ4v) is 4.14. The summed E-state index contributed by atoms with van der Waals surface area (Å²) in [4.78, 5) is 27.5. The van der Waals surface area contributed by atoms with Crippen LogP contribution in [0.4, 0.5) is 0 Å². The van der Waals surface area contributed by atoms with Gasteiger partial charge in [0.05, 0.1) is 13.2 Å². The highest BCUT2D eigenvalue weighted by Crippen LogP contribution is 2.48. The van der Waals surface area contributed by atoms with E-state index < -0.39 is 5.92 Å². The molecule has 4 nitrogen and oxygen atoms in total. The third kappa shape index (κ3) is 1.99. The first kappa shape index (κ1) is 14.9. The molecule has 0 aromatic heterocycles. The summed E-state index contributed by atoms with van der Waals surface area (Å²) in [5.41, 5.74) is 3.63. The zero-order valence-electron chi connectivity index (χ0n) is 13.7. The molecule has 4 heteroatoms. The van der Waals surface area contributed by atoms with Crippen LogP contribution in [0.15, 0.2) is 48.5 Å². The van der Waals surface area contributed by atoms with E-state index in [1.54, 1.807) is 6.07 Å². The summed E-state index contributed by atoms with van der Waals surface area (Å²) < 4.78 is 5.10. The second-order valence-corrected chi connectivity index (χ2v) is 6.52. The maximum atomic E-state index is 13.0. The lowest BCUT2D eigenvalue weighted by Gasteiger charge is -2.46. The van der Waals surface area contributed by atoms with E-state index in [4.69, 9.17) is 4.74 Å². The van der Waals surface area contributed by atoms with Crippen molar-refractivity contribution < 1.29 is 14.3 Å². The highest BCUT2D eigenvalue weighted by atomic mass is 16.5. The molecule has 0 fully saturated rings. The van der Waals surface area contributed by atoms with Crippen LogP contribution in [0.25, 0.3) is 0 Å². The number of ether oxygens (including phenoxy) is 1. The van der Waals surface area contributed by atoms with Crippen LogP contribution in [0.1, 0.15) is 51.8 Å². The molecule has 3 atom stereocenters. The Morgan fingerprint density at radius 2 is 1.67 bits per heavy atom. The number of fused-ring (bicyclic) bond motifs is 4. The van der Waals surface area contributed by atoms with Gasteiger partial charge in [0.1, 0.15) is 5.92 Å². The van der Waals surface area contributed by atoms with Crippen LogP contribution in [0.3, 0.4) is 0 Å². The first-order chi connectivity index (χ1) is 11.6. The number of benzene rings is 2. The minimum atomic E-state index is -0.488. The largest absolute Gasteiger partial charge is 0.468 e. The Balaban J connectivity index is 1.97. The van der Waals surface area contributed by atoms with Crippen LogP contribution in [0.2, 0.25) is 0 Å². The van der Waals surface area contributed by atoms with E-state index in [9.17, 15) is 9.59 Å². The number of methoxy groups -OCH3 is 1. The van der Waals surface area contributed by atoms with Crippen molar-refractivity contribution in [3.05, 3.63) is 70.8 Å². The Morgan fingerprint density at radius 3 is 2.38 bits per heavy atom. The minimum Gasteiger partial charge on any atom is -0.468 e. The van der Waals surface area contributed by atoms with Crippen molar-refractivity contribution in [1.82, 2.24) is 4.90 Å². The van der Waals surface area contributed by atoms with Crippen molar-refractivity contribution in [1.29, 1.82) is 0 Å². The standard InChI is InChI=1S/C20H19NO3/c1-12-11-21-18(15-9-5-3-7-13(12)15)17(20(23)24-2)14-8-4-6-10-16(14)19(21)22/h3-10,12,17-18H,11H2,1-2H3/t12-,17-,18+/m0/s1. The van der Waals surface area contributed by atoms with E-state index in [-0.39, 0.29) is 23.8 Å². The number of esters is 1. The number of amides is 1. The quantitative estimate of drug-likeness (QED) is 0.758. The molecular formula is C20H19NO3. The van der Waals surface area contributed by atoms with Crippen molar-refractivity contribution in [2.75, 3.05) is 13.7 Å². The van der Waals surface area contributed by atoms with Gasteiger partial charge in [-0.3, -0.25) is 9.59 Å². The molecule has 0 bridgehead atoms. The van der Waals surface area contributed by atoms with Gasteiger partial charge < -0.3 is 9.64 Å². The fraction of sp³-hybridized carbons (Fsp3) is 0.300. The van der Waals surface area contributed by atoms with Gasteiger partial charge in [-0.15, -0.1) is 0 Å². The molecule has 1 amide bonds. The number of nitrogens with zero attached hydrogens (tertiary/aromatic N) is 1. The van der Waals surface area contributed by atoms with Gasteiger partial charge in [0.2, 0.25) is 0 Å². The van der Waals surface area contributed by atoms with Crippen LogP contribution in [-0.2, 0) is 9.53 Å². The number of hydrogen-bond acceptors (Lipinski definition) is 3. The zero-order chi connectivity index (χ0) is 16.8. The summed E-state index contributed by atoms with van der Waals surface area (Å²) in [6.45, 7) is 2.73. The summed E-state index contributed by atoms with van der Waals surface area (Å²) in [5, 5.41) is 0. The Morgan fingerprint density at radius 1 is 1.04 bits per heavy atom. The van der Waals surface area contributed by atoms with Gasteiger partial charge in [0, 0.05) is 12.1 Å². The fourth-order valence-electron chi connectivity index (χ4n) is 4.14. The topological polar surface area (TPSA) is 46.6 Å². The predicted octanol–water partition coefficient (Wildman–Crippen LogP) is 3.26. The molecule has 0 unspecified atom stereocenters. The van der Waals surface area contributed by atoms with E-state index in [2.05, 4.69) is 13.0 Å². The molecule has 0 spiro atoms. The van der Waals surface area contributed by atoms with Crippen LogP contribution in [0, 0.1) is 0 Å². The second-order valence-electron chi connectivity index (χ2n) is 6.52. The molecule has 0 saturated heterocycles. The van der Waals surface area contributed by atoms with Crippen molar-refractivity contribution in [3.63, 3.8) is 0 Å². The summed E-state index contributed by atoms with van der Waals surface area (Å²) in [5.74, 6) is -0.547. The SMILES string of the molecule is COC(=O)[C@H]1c2ccccc2C(=O)N2C[C@H](C)c3ccccc3[C@H]12. The van der Waals surface area contributed by atoms with Crippen LogP contribution in [-0.4, -0.2) is 30.4 Å². The Kier molecular flexibility index (Phi) is 3.41. The van der Waals surface area contributed by atoms with Gasteiger partial charge in [-0.1, -0.05) is 49.4 Å². The molecule has 122 valence electrons. The van der Waals surface area contributed by atoms with Gasteiger partial charge in [0.15, 0.2) is 0 Å². The molecule has 2 heterocycles. The van der Waals surface area contributed by atoms with Crippen LogP contribution >= 0.6 is 0 Å². The van der Waals surface area contributed by atoms with Crippen molar-refractivity contribution in [2.45, 2.75) is 24.8 Å². The number of hydrogen-bond donors (Lipinski definition) is 0. The smallest absolute Gasteiger partial charge is 0.315 e. The number of carbonyl (C=O) groups is 2. The first-order valence-corrected chi connectivity index (χ1v) is 8.20. The maximum Gasteiger partial charge on any atom is 0.315 e. The average molecular weight is 321 g/mol. The molecule has 2 aliphatic heterocycles. The number of carbonyl (C=O) groups excluding carboxylic acids is 2. The van der Waals surface area contributed by atoms with E-state index in [1.807, 2.05) is 41.3 Å². The van der Waals surface area contributed by atoms with Crippen molar-refractivity contribution in [2.24, 2.45) is 0 Å². The molecule has 0 radical (unpaired) electrons. The molecule has 2 aromatic rings. The monoisotopic (exact) mass is 321 g/mol. The molecule has 2 aromatic carbocycles. The van der Waals surface area contributed by atoms with Gasteiger partial charge in [-0.25, -0.2) is 0 Å². The Hall–Kier alpha value is -2.62. The number of rotatable bonds is 1. The van der Waals surface area contributed by atoms with Gasteiger partial charge >= 0.3 is 5.97 Å². The van der Waals surface area contributed by atoms with E-state index >= 15 is 0 Å². The average Bonchev–Trinajstić information content (AvgIpc) is 2.62. The summed E-state index contributed by atoms with van der Waals surface area (Å²) >= 11 is 0. The summed E-state index contributed by atoms with van der Waals surface area (Å²) in [6, 6.07) is 15.2. The molecule has 0 aliphatic carbocycles. The molecule has 0 N–H and O–H groups in total. The lowest BCUT2D eigenvalue weighted by molar-refractivity contribution is -0.144. The van der Waals surface area contributed by atoms with Crippen molar-refractivity contribution in [3.8, 4) is 0 Å². The lowest BCUT2D eigenvalue weighted by atomic mass is 9.74. The third-order valence-electron chi connectivity index (χ3n) is 5.21. The zero-order valence-corrected chi connectivity index (χ0v) is 13.7. The van der Waals surface area contributed by atoms with Crippen molar-refractivity contribution >= 4 is 11.9 Å². The Labute approximate surface area is 141 Å². The summed E-state index contributed by atoms with van der Waals surface area (Å²) in [6.07, 6.45) is 0. The molecule has 2 aliphatic rings. The van der Waals surface area contributed by atoms with E-state index in [0.29, 0.717) is 12.1 Å². The van der Waals surface area contributed by atoms with E-state index in [1.165, 1.54) is 12.7 Å². The van der Waals surface area contributed by atoms with E-state index in [0.717, 1.165) is 11.1 Å². The minimum absolute atomic E-state index is 0.00268. The van der Waals surface area contributed by atoms with Gasteiger partial charge in [0.25, 0.3) is 5.91 Å².